The Morgan fingerprint density at radius 1 is 1.14 bits per heavy atom. The molecule has 2 N–H and O–H groups in total. The van der Waals surface area contributed by atoms with Crippen LogP contribution in [-0.4, -0.2) is 40.3 Å². The van der Waals surface area contributed by atoms with Crippen molar-refractivity contribution in [3.63, 3.8) is 0 Å². The van der Waals surface area contributed by atoms with Crippen LogP contribution in [0, 0.1) is 0 Å². The molecular weight excluding hydrogens is 300 g/mol. The van der Waals surface area contributed by atoms with Crippen LogP contribution in [0.2, 0.25) is 0 Å². The maximum Gasteiger partial charge on any atom is 0.191 e. The minimum atomic E-state index is 0.390. The van der Waals surface area contributed by atoms with Crippen molar-refractivity contribution in [1.29, 1.82) is 0 Å². The fourth-order valence-electron chi connectivity index (χ4n) is 2.67. The average molecular weight is 327 g/mol. The lowest BCUT2D eigenvalue weighted by Crippen LogP contribution is -2.30. The first-order valence-corrected chi connectivity index (χ1v) is 10.1. The van der Waals surface area contributed by atoms with Gasteiger partial charge in [0.1, 0.15) is 11.6 Å². The van der Waals surface area contributed by atoms with Crippen LogP contribution in [0.3, 0.4) is 0 Å². The number of hydrogen-bond donors (Lipinski definition) is 2. The molecule has 1 saturated carbocycles. The zero-order chi connectivity index (χ0) is 15.1. The van der Waals surface area contributed by atoms with Gasteiger partial charge >= 0.3 is 0 Å². The van der Waals surface area contributed by atoms with Crippen LogP contribution < -0.4 is 10.6 Å². The molecule has 0 saturated heterocycles. The lowest BCUT2D eigenvalue weighted by molar-refractivity contribution is 0.638. The molecule has 0 aliphatic heterocycles. The summed E-state index contributed by atoms with van der Waals surface area (Å²) < 4.78 is 0.390. The Balaban J connectivity index is 2.04. The zero-order valence-corrected chi connectivity index (χ0v) is 14.9. The van der Waals surface area contributed by atoms with Crippen molar-refractivity contribution in [1.82, 2.24) is 9.97 Å². The summed E-state index contributed by atoms with van der Waals surface area (Å²) in [5, 5.41) is 7.72. The predicted molar refractivity (Wildman–Crippen MR) is 95.8 cm³/mol. The SMILES string of the molecule is CCCNc1cc(NCC2(SC)CCCC2)nc(SC)n1. The summed E-state index contributed by atoms with van der Waals surface area (Å²) in [4.78, 5) is 9.08. The van der Waals surface area contributed by atoms with Gasteiger partial charge in [0.2, 0.25) is 0 Å². The zero-order valence-electron chi connectivity index (χ0n) is 13.2. The van der Waals surface area contributed by atoms with E-state index in [0.717, 1.165) is 36.3 Å². The van der Waals surface area contributed by atoms with E-state index in [1.54, 1.807) is 11.8 Å². The summed E-state index contributed by atoms with van der Waals surface area (Å²) in [6, 6.07) is 2.03. The van der Waals surface area contributed by atoms with E-state index in [2.05, 4.69) is 33.8 Å². The quantitative estimate of drug-likeness (QED) is 0.554. The van der Waals surface area contributed by atoms with E-state index < -0.39 is 0 Å². The number of aromatic nitrogens is 2. The highest BCUT2D eigenvalue weighted by Crippen LogP contribution is 2.40. The van der Waals surface area contributed by atoms with Crippen LogP contribution in [0.4, 0.5) is 11.6 Å². The van der Waals surface area contributed by atoms with Gasteiger partial charge in [0.15, 0.2) is 5.16 Å². The van der Waals surface area contributed by atoms with Crippen molar-refractivity contribution in [2.45, 2.75) is 48.9 Å². The second-order valence-corrected chi connectivity index (χ2v) is 7.55. The van der Waals surface area contributed by atoms with Crippen molar-refractivity contribution < 1.29 is 0 Å². The first-order chi connectivity index (χ1) is 10.2. The number of rotatable bonds is 8. The Morgan fingerprint density at radius 2 is 1.81 bits per heavy atom. The van der Waals surface area contributed by atoms with Gasteiger partial charge < -0.3 is 10.6 Å². The molecule has 1 aliphatic rings. The molecule has 1 heterocycles. The molecule has 0 atom stereocenters. The van der Waals surface area contributed by atoms with Crippen LogP contribution >= 0.6 is 23.5 Å². The summed E-state index contributed by atoms with van der Waals surface area (Å²) in [5.41, 5.74) is 0. The van der Waals surface area contributed by atoms with Gasteiger partial charge in [0, 0.05) is 23.9 Å². The number of nitrogens with one attached hydrogen (secondary N) is 2. The second kappa shape index (κ2) is 8.13. The highest BCUT2D eigenvalue weighted by molar-refractivity contribution is 8.00. The van der Waals surface area contributed by atoms with Crippen LogP contribution in [-0.2, 0) is 0 Å². The fourth-order valence-corrected chi connectivity index (χ4v) is 3.97. The Hall–Kier alpha value is -0.620. The monoisotopic (exact) mass is 326 g/mol. The van der Waals surface area contributed by atoms with Gasteiger partial charge in [-0.05, 0) is 31.8 Å². The first-order valence-electron chi connectivity index (χ1n) is 7.67. The third-order valence-electron chi connectivity index (χ3n) is 3.98. The molecule has 0 aromatic carbocycles. The molecule has 0 unspecified atom stereocenters. The first kappa shape index (κ1) is 16.7. The van der Waals surface area contributed by atoms with Crippen LogP contribution in [0.25, 0.3) is 0 Å². The Kier molecular flexibility index (Phi) is 6.48. The maximum atomic E-state index is 4.58. The minimum absolute atomic E-state index is 0.390. The van der Waals surface area contributed by atoms with Crippen LogP contribution in [0.1, 0.15) is 39.0 Å². The molecule has 21 heavy (non-hydrogen) atoms. The summed E-state index contributed by atoms with van der Waals surface area (Å²) in [7, 11) is 0. The van der Waals surface area contributed by atoms with Crippen molar-refractivity contribution >= 4 is 35.2 Å². The van der Waals surface area contributed by atoms with E-state index in [4.69, 9.17) is 0 Å². The maximum absolute atomic E-state index is 4.58. The molecule has 0 bridgehead atoms. The third kappa shape index (κ3) is 4.68. The molecule has 4 nitrogen and oxygen atoms in total. The molecule has 1 aromatic rings. The standard InChI is InChI=1S/C15H26N4S2/c1-4-9-16-12-10-13(19-14(18-12)20-2)17-11-15(21-3)7-5-6-8-15/h10H,4-9,11H2,1-3H3,(H2,16,17,18,19). The van der Waals surface area contributed by atoms with Gasteiger partial charge in [-0.25, -0.2) is 9.97 Å². The van der Waals surface area contributed by atoms with Crippen molar-refractivity contribution in [3.8, 4) is 0 Å². The molecule has 0 amide bonds. The largest absolute Gasteiger partial charge is 0.370 e. The van der Waals surface area contributed by atoms with Crippen LogP contribution in [0.15, 0.2) is 11.2 Å². The highest BCUT2D eigenvalue weighted by atomic mass is 32.2. The molecule has 1 aromatic heterocycles. The van der Waals surface area contributed by atoms with Gasteiger partial charge in [-0.3, -0.25) is 0 Å². The van der Waals surface area contributed by atoms with E-state index in [0.29, 0.717) is 4.75 Å². The van der Waals surface area contributed by atoms with Crippen molar-refractivity contribution in [2.24, 2.45) is 0 Å². The number of hydrogen-bond acceptors (Lipinski definition) is 6. The Bertz CT molecular complexity index is 447. The Morgan fingerprint density at radius 3 is 2.38 bits per heavy atom. The van der Waals surface area contributed by atoms with Gasteiger partial charge in [0.05, 0.1) is 0 Å². The minimum Gasteiger partial charge on any atom is -0.370 e. The Labute approximate surface area is 136 Å². The summed E-state index contributed by atoms with van der Waals surface area (Å²) in [6.07, 6.45) is 10.7. The third-order valence-corrected chi connectivity index (χ3v) is 5.95. The normalized spacial score (nSPS) is 16.9. The summed E-state index contributed by atoms with van der Waals surface area (Å²) in [5.74, 6) is 1.86. The molecule has 1 fully saturated rings. The van der Waals surface area contributed by atoms with Crippen LogP contribution in [0.5, 0.6) is 0 Å². The van der Waals surface area contributed by atoms with Gasteiger partial charge in [0.25, 0.3) is 0 Å². The topological polar surface area (TPSA) is 49.8 Å². The lowest BCUT2D eigenvalue weighted by Gasteiger charge is -2.27. The second-order valence-electron chi connectivity index (χ2n) is 5.50. The number of thioether (sulfide) groups is 2. The molecular formula is C15H26N4S2. The van der Waals surface area contributed by atoms with E-state index in [9.17, 15) is 0 Å². The smallest absolute Gasteiger partial charge is 0.191 e. The van der Waals surface area contributed by atoms with E-state index in [1.165, 1.54) is 25.7 Å². The lowest BCUT2D eigenvalue weighted by atomic mass is 10.1. The molecule has 6 heteroatoms. The predicted octanol–water partition coefficient (Wildman–Crippen LogP) is 4.11. The van der Waals surface area contributed by atoms with Gasteiger partial charge in [-0.1, -0.05) is 31.5 Å². The summed E-state index contributed by atoms with van der Waals surface area (Å²) >= 11 is 3.59. The fraction of sp³-hybridized carbons (Fsp3) is 0.733. The number of nitrogens with zero attached hydrogens (tertiary/aromatic N) is 2. The van der Waals surface area contributed by atoms with E-state index >= 15 is 0 Å². The molecule has 118 valence electrons. The molecule has 0 spiro atoms. The highest BCUT2D eigenvalue weighted by Gasteiger charge is 2.32. The van der Waals surface area contributed by atoms with Crippen molar-refractivity contribution in [3.05, 3.63) is 6.07 Å². The van der Waals surface area contributed by atoms with E-state index in [1.807, 2.05) is 24.1 Å². The van der Waals surface area contributed by atoms with E-state index in [-0.39, 0.29) is 0 Å². The number of anilines is 2. The molecule has 1 aliphatic carbocycles. The molecule has 0 radical (unpaired) electrons. The van der Waals surface area contributed by atoms with Gasteiger partial charge in [-0.2, -0.15) is 11.8 Å². The van der Waals surface area contributed by atoms with Gasteiger partial charge in [-0.15, -0.1) is 0 Å². The molecule has 2 rings (SSSR count). The van der Waals surface area contributed by atoms with Crippen molar-refractivity contribution in [2.75, 3.05) is 36.2 Å². The summed E-state index contributed by atoms with van der Waals surface area (Å²) in [6.45, 7) is 4.09. The average Bonchev–Trinajstić information content (AvgIpc) is 3.00.